The molecule has 0 aliphatic rings. The summed E-state index contributed by atoms with van der Waals surface area (Å²) >= 11 is 0. The summed E-state index contributed by atoms with van der Waals surface area (Å²) in [6, 6.07) is 0. The average molecular weight is 278 g/mol. The number of aromatic nitrogens is 2. The molecule has 0 radical (unpaired) electrons. The molecule has 1 rings (SSSR count). The van der Waals surface area contributed by atoms with Crippen molar-refractivity contribution in [3.05, 3.63) is 18.2 Å². The van der Waals surface area contributed by atoms with Crippen molar-refractivity contribution in [3.63, 3.8) is 0 Å². The monoisotopic (exact) mass is 278 g/mol. The summed E-state index contributed by atoms with van der Waals surface area (Å²) < 4.78 is 33.2. The van der Waals surface area contributed by atoms with Crippen molar-refractivity contribution in [3.8, 4) is 0 Å². The maximum absolute atomic E-state index is 9.22. The quantitative estimate of drug-likeness (QED) is 0.493. The van der Waals surface area contributed by atoms with Crippen LogP contribution in [0.2, 0.25) is 0 Å². The Morgan fingerprint density at radius 2 is 2.06 bits per heavy atom. The number of hydrogen-bond donors (Lipinski definition) is 1. The van der Waals surface area contributed by atoms with Crippen LogP contribution in [0.5, 0.6) is 0 Å². The standard InChI is InChI=1S/C10H18N2.CH4O4S/c1-9(2)5-4-6-10-11-7-8-12(10)3;1-5-6(2,3)4/h7-9H,4-6H2,1-3H3;1H3,(H,2,3,4). The smallest absolute Gasteiger partial charge is 0.253 e. The van der Waals surface area contributed by atoms with E-state index in [4.69, 9.17) is 0 Å². The number of imidazole rings is 1. The van der Waals surface area contributed by atoms with E-state index in [0.717, 1.165) is 13.0 Å². The molecule has 0 saturated heterocycles. The molecule has 0 aliphatic heterocycles. The van der Waals surface area contributed by atoms with Gasteiger partial charge in [0.1, 0.15) is 12.4 Å². The zero-order chi connectivity index (χ0) is 14.2. The molecule has 1 aromatic heterocycles. The van der Waals surface area contributed by atoms with E-state index in [1.54, 1.807) is 0 Å². The highest BCUT2D eigenvalue weighted by atomic mass is 32.3. The molecule has 0 fully saturated rings. The third-order valence-corrected chi connectivity index (χ3v) is 2.78. The Balaban J connectivity index is 0.000000411. The van der Waals surface area contributed by atoms with Crippen LogP contribution in [0.1, 0.15) is 32.5 Å². The van der Waals surface area contributed by atoms with Crippen molar-refractivity contribution >= 4 is 10.4 Å². The lowest BCUT2D eigenvalue weighted by Gasteiger charge is -2.00. The number of H-pyrrole nitrogens is 1. The minimum Gasteiger partial charge on any atom is -0.726 e. The van der Waals surface area contributed by atoms with Gasteiger partial charge in [-0.2, -0.15) is 0 Å². The first kappa shape index (κ1) is 17.1. The average Bonchev–Trinajstić information content (AvgIpc) is 2.64. The summed E-state index contributed by atoms with van der Waals surface area (Å²) in [5.41, 5.74) is 0. The third-order valence-electron chi connectivity index (χ3n) is 2.37. The number of nitrogens with zero attached hydrogens (tertiary/aromatic N) is 1. The molecule has 0 aliphatic carbocycles. The molecule has 1 aromatic rings. The molecule has 106 valence electrons. The van der Waals surface area contributed by atoms with E-state index >= 15 is 0 Å². The summed E-state index contributed by atoms with van der Waals surface area (Å²) in [6.45, 7) is 4.55. The molecule has 0 spiro atoms. The summed E-state index contributed by atoms with van der Waals surface area (Å²) in [5.74, 6) is 2.15. The van der Waals surface area contributed by atoms with Crippen LogP contribution in [0.4, 0.5) is 0 Å². The Morgan fingerprint density at radius 1 is 1.50 bits per heavy atom. The van der Waals surface area contributed by atoms with Crippen molar-refractivity contribution in [1.82, 2.24) is 4.98 Å². The van der Waals surface area contributed by atoms with Crippen LogP contribution in [-0.2, 0) is 28.1 Å². The van der Waals surface area contributed by atoms with Gasteiger partial charge in [0.05, 0.1) is 14.2 Å². The largest absolute Gasteiger partial charge is 0.726 e. The molecular formula is C11H22N2O4S. The summed E-state index contributed by atoms with van der Waals surface area (Å²) in [5, 5.41) is 0. The maximum atomic E-state index is 9.22. The van der Waals surface area contributed by atoms with Crippen LogP contribution in [0.15, 0.2) is 12.4 Å². The van der Waals surface area contributed by atoms with Gasteiger partial charge in [0.25, 0.3) is 5.82 Å². The lowest BCUT2D eigenvalue weighted by Crippen LogP contribution is -2.30. The number of rotatable bonds is 5. The fourth-order valence-electron chi connectivity index (χ4n) is 1.36. The van der Waals surface area contributed by atoms with E-state index in [-0.39, 0.29) is 0 Å². The highest BCUT2D eigenvalue weighted by molar-refractivity contribution is 7.80. The van der Waals surface area contributed by atoms with E-state index in [1.165, 1.54) is 25.1 Å². The molecule has 7 heteroatoms. The van der Waals surface area contributed by atoms with Crippen molar-refractivity contribution in [2.75, 3.05) is 7.11 Å². The Morgan fingerprint density at radius 3 is 2.39 bits per heavy atom. The first-order valence-corrected chi connectivity index (χ1v) is 7.13. The molecule has 0 amide bonds. The predicted molar refractivity (Wildman–Crippen MR) is 66.5 cm³/mol. The lowest BCUT2D eigenvalue weighted by atomic mass is 10.1. The van der Waals surface area contributed by atoms with Gasteiger partial charge in [0.15, 0.2) is 0 Å². The first-order chi connectivity index (χ1) is 8.26. The maximum Gasteiger partial charge on any atom is 0.253 e. The van der Waals surface area contributed by atoms with Crippen LogP contribution in [0.25, 0.3) is 0 Å². The SMILES string of the molecule is CC(C)CCCc1[nH]cc[n+]1C.COS(=O)(=O)[O-]. The van der Waals surface area contributed by atoms with E-state index < -0.39 is 10.4 Å². The molecule has 0 aromatic carbocycles. The van der Waals surface area contributed by atoms with Gasteiger partial charge in [-0.05, 0) is 12.3 Å². The van der Waals surface area contributed by atoms with Gasteiger partial charge in [-0.15, -0.1) is 0 Å². The van der Waals surface area contributed by atoms with Crippen LogP contribution < -0.4 is 4.57 Å². The van der Waals surface area contributed by atoms with E-state index in [1.807, 2.05) is 6.20 Å². The van der Waals surface area contributed by atoms with Gasteiger partial charge in [0.2, 0.25) is 10.4 Å². The zero-order valence-corrected chi connectivity index (χ0v) is 12.2. The second kappa shape index (κ2) is 8.23. The van der Waals surface area contributed by atoms with Crippen molar-refractivity contribution in [2.24, 2.45) is 13.0 Å². The van der Waals surface area contributed by atoms with Crippen LogP contribution in [-0.4, -0.2) is 25.1 Å². The fourth-order valence-corrected chi connectivity index (χ4v) is 1.36. The van der Waals surface area contributed by atoms with Gasteiger partial charge in [0, 0.05) is 6.42 Å². The normalized spacial score (nSPS) is 11.2. The molecule has 1 heterocycles. The first-order valence-electron chi connectivity index (χ1n) is 5.79. The van der Waals surface area contributed by atoms with E-state index in [9.17, 15) is 13.0 Å². The van der Waals surface area contributed by atoms with Gasteiger partial charge in [-0.25, -0.2) is 18.0 Å². The molecule has 18 heavy (non-hydrogen) atoms. The summed E-state index contributed by atoms with van der Waals surface area (Å²) in [7, 11) is -1.52. The molecule has 0 bridgehead atoms. The topological polar surface area (TPSA) is 86.1 Å². The molecule has 0 unspecified atom stereocenters. The molecule has 0 saturated carbocycles. The van der Waals surface area contributed by atoms with E-state index in [0.29, 0.717) is 0 Å². The Hall–Kier alpha value is -0.920. The second-order valence-corrected chi connectivity index (χ2v) is 5.53. The van der Waals surface area contributed by atoms with Crippen LogP contribution >= 0.6 is 0 Å². The lowest BCUT2D eigenvalue weighted by molar-refractivity contribution is -0.677. The highest BCUT2D eigenvalue weighted by Crippen LogP contribution is 2.05. The second-order valence-electron chi connectivity index (χ2n) is 4.38. The minimum atomic E-state index is -4.41. The number of aryl methyl sites for hydroxylation is 2. The van der Waals surface area contributed by atoms with Crippen LogP contribution in [0, 0.1) is 5.92 Å². The van der Waals surface area contributed by atoms with Crippen molar-refractivity contribution < 1.29 is 21.7 Å². The number of hydrogen-bond acceptors (Lipinski definition) is 4. The zero-order valence-electron chi connectivity index (χ0n) is 11.3. The fraction of sp³-hybridized carbons (Fsp3) is 0.727. The highest BCUT2D eigenvalue weighted by Gasteiger charge is 2.05. The number of aromatic amines is 1. The van der Waals surface area contributed by atoms with Crippen LogP contribution in [0.3, 0.4) is 0 Å². The predicted octanol–water partition coefficient (Wildman–Crippen LogP) is 0.911. The molecule has 1 N–H and O–H groups in total. The summed E-state index contributed by atoms with van der Waals surface area (Å²) in [6.07, 6.45) is 7.82. The molecule has 6 nitrogen and oxygen atoms in total. The van der Waals surface area contributed by atoms with Crippen molar-refractivity contribution in [2.45, 2.75) is 33.1 Å². The minimum absolute atomic E-state index is 0.808. The Kier molecular flexibility index (Phi) is 7.81. The Labute approximate surface area is 109 Å². The van der Waals surface area contributed by atoms with Gasteiger partial charge in [-0.1, -0.05) is 20.3 Å². The number of nitrogens with one attached hydrogen (secondary N) is 1. The van der Waals surface area contributed by atoms with Crippen molar-refractivity contribution in [1.29, 1.82) is 0 Å². The van der Waals surface area contributed by atoms with Gasteiger partial charge in [-0.3, -0.25) is 4.18 Å². The van der Waals surface area contributed by atoms with E-state index in [2.05, 4.69) is 40.8 Å². The van der Waals surface area contributed by atoms with Gasteiger partial charge >= 0.3 is 0 Å². The van der Waals surface area contributed by atoms with Gasteiger partial charge < -0.3 is 4.55 Å². The third kappa shape index (κ3) is 9.15. The molecule has 0 atom stereocenters. The summed E-state index contributed by atoms with van der Waals surface area (Å²) in [4.78, 5) is 3.24. The molecular weight excluding hydrogens is 256 g/mol. The Bertz CT molecular complexity index is 426.